The summed E-state index contributed by atoms with van der Waals surface area (Å²) in [5, 5.41) is 4.00. The van der Waals surface area contributed by atoms with E-state index in [1.165, 1.54) is 64.5 Å². The van der Waals surface area contributed by atoms with Crippen molar-refractivity contribution in [1.29, 1.82) is 0 Å². The van der Waals surface area contributed by atoms with Gasteiger partial charge < -0.3 is 5.32 Å². The van der Waals surface area contributed by atoms with Crippen LogP contribution in [-0.2, 0) is 0 Å². The standard InChI is InChI=1S/C17H32N2/c1-13-6-5-11-19(14(13)2)12-16-10-9-15-7-3-4-8-17(15)18-16/h13-18H,3-12H2,1-2H3. The molecule has 5 atom stereocenters. The van der Waals surface area contributed by atoms with Gasteiger partial charge in [-0.15, -0.1) is 0 Å². The maximum atomic E-state index is 4.00. The first-order valence-corrected chi connectivity index (χ1v) is 8.74. The van der Waals surface area contributed by atoms with E-state index in [9.17, 15) is 0 Å². The first-order valence-electron chi connectivity index (χ1n) is 8.74. The van der Waals surface area contributed by atoms with Crippen LogP contribution < -0.4 is 5.32 Å². The smallest absolute Gasteiger partial charge is 0.0197 e. The second-order valence-electron chi connectivity index (χ2n) is 7.45. The van der Waals surface area contributed by atoms with Crippen LogP contribution in [0.1, 0.15) is 65.2 Å². The SMILES string of the molecule is CC1CCCN(CC2CCC3CCCCC3N2)C1C. The summed E-state index contributed by atoms with van der Waals surface area (Å²) >= 11 is 0. The van der Waals surface area contributed by atoms with E-state index in [1.54, 1.807) is 0 Å². The summed E-state index contributed by atoms with van der Waals surface area (Å²) in [6, 6.07) is 2.41. The first kappa shape index (κ1) is 13.9. The average Bonchev–Trinajstić information content (AvgIpc) is 2.44. The zero-order valence-electron chi connectivity index (χ0n) is 12.9. The summed E-state index contributed by atoms with van der Waals surface area (Å²) in [4.78, 5) is 2.76. The molecule has 3 aliphatic rings. The van der Waals surface area contributed by atoms with Gasteiger partial charge in [-0.2, -0.15) is 0 Å². The van der Waals surface area contributed by atoms with Gasteiger partial charge in [0.15, 0.2) is 0 Å². The molecule has 2 nitrogen and oxygen atoms in total. The van der Waals surface area contributed by atoms with Gasteiger partial charge in [0.25, 0.3) is 0 Å². The molecule has 3 fully saturated rings. The number of hydrogen-bond acceptors (Lipinski definition) is 2. The molecule has 0 spiro atoms. The number of piperidine rings is 2. The van der Waals surface area contributed by atoms with Crippen LogP contribution in [0.25, 0.3) is 0 Å². The molecule has 0 bridgehead atoms. The predicted octanol–water partition coefficient (Wildman–Crippen LogP) is 3.42. The zero-order chi connectivity index (χ0) is 13.2. The third-order valence-corrected chi connectivity index (χ3v) is 6.20. The Morgan fingerprint density at radius 1 is 0.947 bits per heavy atom. The monoisotopic (exact) mass is 264 g/mol. The molecule has 3 rings (SSSR count). The Kier molecular flexibility index (Phi) is 4.48. The Morgan fingerprint density at radius 3 is 2.68 bits per heavy atom. The highest BCUT2D eigenvalue weighted by atomic mass is 15.2. The Hall–Kier alpha value is -0.0800. The van der Waals surface area contributed by atoms with Crippen LogP contribution in [0, 0.1) is 11.8 Å². The van der Waals surface area contributed by atoms with E-state index in [-0.39, 0.29) is 0 Å². The van der Waals surface area contributed by atoms with E-state index >= 15 is 0 Å². The summed E-state index contributed by atoms with van der Waals surface area (Å²) in [7, 11) is 0. The van der Waals surface area contributed by atoms with Crippen molar-refractivity contribution in [3.8, 4) is 0 Å². The number of rotatable bonds is 2. The topological polar surface area (TPSA) is 15.3 Å². The lowest BCUT2D eigenvalue weighted by Gasteiger charge is -2.45. The van der Waals surface area contributed by atoms with Crippen LogP contribution in [0.2, 0.25) is 0 Å². The van der Waals surface area contributed by atoms with Crippen molar-refractivity contribution in [3.63, 3.8) is 0 Å². The highest BCUT2D eigenvalue weighted by Gasteiger charge is 2.33. The van der Waals surface area contributed by atoms with Crippen LogP contribution in [-0.4, -0.2) is 36.1 Å². The van der Waals surface area contributed by atoms with Crippen LogP contribution in [0.5, 0.6) is 0 Å². The Balaban J connectivity index is 1.52. The van der Waals surface area contributed by atoms with Crippen LogP contribution in [0.4, 0.5) is 0 Å². The van der Waals surface area contributed by atoms with E-state index in [2.05, 4.69) is 24.1 Å². The number of hydrogen-bond donors (Lipinski definition) is 1. The summed E-state index contributed by atoms with van der Waals surface area (Å²) in [6.45, 7) is 7.50. The third-order valence-electron chi connectivity index (χ3n) is 6.20. The fraction of sp³-hybridized carbons (Fsp3) is 1.00. The van der Waals surface area contributed by atoms with Crippen LogP contribution in [0.15, 0.2) is 0 Å². The minimum Gasteiger partial charge on any atom is -0.310 e. The molecular weight excluding hydrogens is 232 g/mol. The summed E-state index contributed by atoms with van der Waals surface area (Å²) < 4.78 is 0. The van der Waals surface area contributed by atoms with Gasteiger partial charge in [-0.3, -0.25) is 4.90 Å². The summed E-state index contributed by atoms with van der Waals surface area (Å²) in [5.41, 5.74) is 0. The molecule has 0 amide bonds. The summed E-state index contributed by atoms with van der Waals surface area (Å²) in [5.74, 6) is 1.89. The van der Waals surface area contributed by atoms with Crippen molar-refractivity contribution < 1.29 is 0 Å². The van der Waals surface area contributed by atoms with Gasteiger partial charge in [-0.25, -0.2) is 0 Å². The fourth-order valence-corrected chi connectivity index (χ4v) is 4.68. The molecule has 1 N–H and O–H groups in total. The van der Waals surface area contributed by atoms with Crippen molar-refractivity contribution >= 4 is 0 Å². The molecular formula is C17H32N2. The van der Waals surface area contributed by atoms with E-state index in [0.717, 1.165) is 30.0 Å². The Bertz CT molecular complexity index is 291. The predicted molar refractivity (Wildman–Crippen MR) is 81.3 cm³/mol. The second kappa shape index (κ2) is 6.13. The van der Waals surface area contributed by atoms with E-state index in [4.69, 9.17) is 0 Å². The van der Waals surface area contributed by atoms with Crippen molar-refractivity contribution in [2.45, 2.75) is 83.3 Å². The lowest BCUT2D eigenvalue weighted by Crippen LogP contribution is -2.55. The third kappa shape index (κ3) is 3.16. The van der Waals surface area contributed by atoms with Crippen LogP contribution >= 0.6 is 0 Å². The minimum absolute atomic E-state index is 0.770. The Labute approximate surface area is 119 Å². The number of fused-ring (bicyclic) bond motifs is 1. The highest BCUT2D eigenvalue weighted by molar-refractivity contribution is 4.91. The van der Waals surface area contributed by atoms with Crippen molar-refractivity contribution in [2.24, 2.45) is 11.8 Å². The summed E-state index contributed by atoms with van der Waals surface area (Å²) in [6.07, 6.45) is 11.6. The van der Waals surface area contributed by atoms with Gasteiger partial charge >= 0.3 is 0 Å². The maximum absolute atomic E-state index is 4.00. The average molecular weight is 264 g/mol. The molecule has 0 aromatic heterocycles. The van der Waals surface area contributed by atoms with Gasteiger partial charge in [0, 0.05) is 24.7 Å². The molecule has 19 heavy (non-hydrogen) atoms. The molecule has 0 aromatic rings. The molecule has 2 saturated heterocycles. The number of nitrogens with zero attached hydrogens (tertiary/aromatic N) is 1. The normalized spacial score (nSPS) is 44.8. The molecule has 110 valence electrons. The van der Waals surface area contributed by atoms with E-state index in [0.29, 0.717) is 0 Å². The van der Waals surface area contributed by atoms with Crippen molar-refractivity contribution in [1.82, 2.24) is 10.2 Å². The zero-order valence-corrected chi connectivity index (χ0v) is 12.9. The lowest BCUT2D eigenvalue weighted by molar-refractivity contribution is 0.0801. The minimum atomic E-state index is 0.770. The fourth-order valence-electron chi connectivity index (χ4n) is 4.68. The molecule has 0 radical (unpaired) electrons. The largest absolute Gasteiger partial charge is 0.310 e. The lowest BCUT2D eigenvalue weighted by atomic mass is 9.77. The highest BCUT2D eigenvalue weighted by Crippen LogP contribution is 2.33. The quantitative estimate of drug-likeness (QED) is 0.822. The van der Waals surface area contributed by atoms with E-state index in [1.807, 2.05) is 0 Å². The molecule has 5 unspecified atom stereocenters. The molecule has 1 aliphatic carbocycles. The van der Waals surface area contributed by atoms with Gasteiger partial charge in [0.1, 0.15) is 0 Å². The first-order chi connectivity index (χ1) is 9.24. The Morgan fingerprint density at radius 2 is 1.79 bits per heavy atom. The van der Waals surface area contributed by atoms with Crippen molar-refractivity contribution in [2.75, 3.05) is 13.1 Å². The molecule has 2 heterocycles. The van der Waals surface area contributed by atoms with Gasteiger partial charge in [-0.05, 0) is 63.8 Å². The molecule has 1 saturated carbocycles. The van der Waals surface area contributed by atoms with Gasteiger partial charge in [-0.1, -0.05) is 19.8 Å². The van der Waals surface area contributed by atoms with Crippen LogP contribution in [0.3, 0.4) is 0 Å². The second-order valence-corrected chi connectivity index (χ2v) is 7.45. The molecule has 2 heteroatoms. The molecule has 2 aliphatic heterocycles. The number of likely N-dealkylation sites (tertiary alicyclic amines) is 1. The van der Waals surface area contributed by atoms with E-state index < -0.39 is 0 Å². The van der Waals surface area contributed by atoms with Gasteiger partial charge in [0.05, 0.1) is 0 Å². The number of nitrogens with one attached hydrogen (secondary N) is 1. The molecule has 0 aromatic carbocycles. The van der Waals surface area contributed by atoms with Crippen molar-refractivity contribution in [3.05, 3.63) is 0 Å². The van der Waals surface area contributed by atoms with Gasteiger partial charge in [0.2, 0.25) is 0 Å². The maximum Gasteiger partial charge on any atom is 0.0197 e.